The molecule has 0 amide bonds. The summed E-state index contributed by atoms with van der Waals surface area (Å²) < 4.78 is 0. The van der Waals surface area contributed by atoms with Gasteiger partial charge in [-0.3, -0.25) is 4.79 Å². The number of thioether (sulfide) groups is 1. The third kappa shape index (κ3) is 3.52. The van der Waals surface area contributed by atoms with E-state index in [2.05, 4.69) is 20.8 Å². The lowest BCUT2D eigenvalue weighted by Crippen LogP contribution is -2.33. The van der Waals surface area contributed by atoms with Crippen LogP contribution in [0.5, 0.6) is 0 Å². The third-order valence-electron chi connectivity index (χ3n) is 3.09. The molecule has 1 unspecified atom stereocenters. The lowest BCUT2D eigenvalue weighted by Gasteiger charge is -2.27. The highest BCUT2D eigenvalue weighted by molar-refractivity contribution is 7.99. The van der Waals surface area contributed by atoms with E-state index in [1.54, 1.807) is 11.8 Å². The summed E-state index contributed by atoms with van der Waals surface area (Å²) in [6.45, 7) is 8.04. The zero-order chi connectivity index (χ0) is 13.8. The number of rotatable bonds is 6. The minimum atomic E-state index is -0.788. The van der Waals surface area contributed by atoms with Crippen molar-refractivity contribution in [2.45, 2.75) is 44.4 Å². The zero-order valence-corrected chi connectivity index (χ0v) is 12.4. The van der Waals surface area contributed by atoms with E-state index < -0.39 is 11.4 Å². The van der Waals surface area contributed by atoms with Gasteiger partial charge in [-0.2, -0.15) is 0 Å². The number of hydrogen-bond acceptors (Lipinski definition) is 2. The van der Waals surface area contributed by atoms with Crippen molar-refractivity contribution in [2.24, 2.45) is 5.92 Å². The molecule has 0 aliphatic rings. The van der Waals surface area contributed by atoms with Crippen molar-refractivity contribution in [2.75, 3.05) is 5.75 Å². The van der Waals surface area contributed by atoms with Crippen LogP contribution < -0.4 is 0 Å². The molecule has 1 N–H and O–H groups in total. The molecule has 0 bridgehead atoms. The number of carboxylic acid groups (broad SMARTS) is 1. The molecular formula is C15H22O2S. The van der Waals surface area contributed by atoms with E-state index in [1.807, 2.05) is 31.2 Å². The van der Waals surface area contributed by atoms with E-state index in [0.29, 0.717) is 12.3 Å². The van der Waals surface area contributed by atoms with Gasteiger partial charge in [0.05, 0.1) is 5.41 Å². The number of carbonyl (C=O) groups is 1. The van der Waals surface area contributed by atoms with E-state index in [0.717, 1.165) is 11.3 Å². The molecule has 0 aliphatic carbocycles. The second kappa shape index (κ2) is 6.28. The molecular weight excluding hydrogens is 244 g/mol. The van der Waals surface area contributed by atoms with Gasteiger partial charge in [-0.05, 0) is 42.7 Å². The van der Waals surface area contributed by atoms with Gasteiger partial charge < -0.3 is 5.11 Å². The Morgan fingerprint density at radius 3 is 2.28 bits per heavy atom. The first-order chi connectivity index (χ1) is 8.40. The molecule has 0 radical (unpaired) electrons. The van der Waals surface area contributed by atoms with E-state index in [-0.39, 0.29) is 0 Å². The van der Waals surface area contributed by atoms with Crippen LogP contribution in [0, 0.1) is 5.92 Å². The molecule has 0 heterocycles. The first kappa shape index (κ1) is 15.1. The quantitative estimate of drug-likeness (QED) is 0.785. The predicted octanol–water partition coefficient (Wildman–Crippen LogP) is 4.19. The van der Waals surface area contributed by atoms with Crippen LogP contribution in [-0.4, -0.2) is 16.8 Å². The average Bonchev–Trinajstić information content (AvgIpc) is 2.29. The zero-order valence-electron chi connectivity index (χ0n) is 11.6. The number of hydrogen-bond donors (Lipinski definition) is 1. The molecule has 1 aromatic carbocycles. The monoisotopic (exact) mass is 266 g/mol. The summed E-state index contributed by atoms with van der Waals surface area (Å²) in [4.78, 5) is 12.8. The maximum atomic E-state index is 11.6. The summed E-state index contributed by atoms with van der Waals surface area (Å²) >= 11 is 1.77. The van der Waals surface area contributed by atoms with Crippen LogP contribution in [0.1, 0.15) is 39.7 Å². The van der Waals surface area contributed by atoms with Crippen LogP contribution in [0.25, 0.3) is 0 Å². The van der Waals surface area contributed by atoms with Crippen molar-refractivity contribution in [3.05, 3.63) is 29.8 Å². The second-order valence-corrected chi connectivity index (χ2v) is 6.53. The topological polar surface area (TPSA) is 37.3 Å². The average molecular weight is 266 g/mol. The maximum Gasteiger partial charge on any atom is 0.313 e. The first-order valence-electron chi connectivity index (χ1n) is 6.37. The number of benzene rings is 1. The fourth-order valence-corrected chi connectivity index (χ4v) is 2.89. The molecule has 0 aromatic heterocycles. The highest BCUT2D eigenvalue weighted by Crippen LogP contribution is 2.32. The largest absolute Gasteiger partial charge is 0.481 e. The Morgan fingerprint density at radius 1 is 1.33 bits per heavy atom. The van der Waals surface area contributed by atoms with Gasteiger partial charge in [0.15, 0.2) is 0 Å². The van der Waals surface area contributed by atoms with E-state index in [4.69, 9.17) is 0 Å². The molecule has 0 spiro atoms. The Morgan fingerprint density at radius 2 is 1.89 bits per heavy atom. The molecule has 0 fully saturated rings. The number of carboxylic acids is 1. The van der Waals surface area contributed by atoms with E-state index in [9.17, 15) is 9.90 Å². The molecule has 1 rings (SSSR count). The molecule has 1 atom stereocenters. The molecule has 2 nitrogen and oxygen atoms in total. The summed E-state index contributed by atoms with van der Waals surface area (Å²) in [6.07, 6.45) is 0.655. The fourth-order valence-electron chi connectivity index (χ4n) is 2.23. The lowest BCUT2D eigenvalue weighted by atomic mass is 9.76. The fraction of sp³-hybridized carbons (Fsp3) is 0.533. The van der Waals surface area contributed by atoms with Crippen molar-refractivity contribution in [1.82, 2.24) is 0 Å². The van der Waals surface area contributed by atoms with Crippen molar-refractivity contribution < 1.29 is 9.90 Å². The normalized spacial score (nSPS) is 14.5. The lowest BCUT2D eigenvalue weighted by molar-refractivity contribution is -0.143. The van der Waals surface area contributed by atoms with Crippen molar-refractivity contribution in [1.29, 1.82) is 0 Å². The molecule has 3 heteroatoms. The third-order valence-corrected chi connectivity index (χ3v) is 3.99. The molecule has 0 saturated carbocycles. The van der Waals surface area contributed by atoms with E-state index in [1.165, 1.54) is 4.90 Å². The summed E-state index contributed by atoms with van der Waals surface area (Å²) in [6, 6.07) is 7.94. The Balaban J connectivity index is 3.03. The highest BCUT2D eigenvalue weighted by atomic mass is 32.2. The Hall–Kier alpha value is -0.960. The first-order valence-corrected chi connectivity index (χ1v) is 7.35. The van der Waals surface area contributed by atoms with Gasteiger partial charge in [0.25, 0.3) is 0 Å². The minimum Gasteiger partial charge on any atom is -0.481 e. The van der Waals surface area contributed by atoms with Crippen LogP contribution in [0.3, 0.4) is 0 Å². The van der Waals surface area contributed by atoms with Crippen LogP contribution in [-0.2, 0) is 10.2 Å². The summed E-state index contributed by atoms with van der Waals surface area (Å²) in [5.74, 6) is 0.643. The van der Waals surface area contributed by atoms with Crippen LogP contribution in [0.4, 0.5) is 0 Å². The summed E-state index contributed by atoms with van der Waals surface area (Å²) in [7, 11) is 0. The molecule has 18 heavy (non-hydrogen) atoms. The molecule has 1 aromatic rings. The van der Waals surface area contributed by atoms with Gasteiger partial charge in [0.1, 0.15) is 0 Å². The standard InChI is InChI=1S/C15H22O2S/c1-5-18-13-8-6-12(7-9-13)15(4,14(16)17)10-11(2)3/h6-9,11H,5,10H2,1-4H3,(H,16,17). The van der Waals surface area contributed by atoms with Gasteiger partial charge in [-0.15, -0.1) is 11.8 Å². The Labute approximate surface area is 114 Å². The summed E-state index contributed by atoms with van der Waals surface area (Å²) in [5, 5.41) is 9.50. The van der Waals surface area contributed by atoms with Gasteiger partial charge in [0.2, 0.25) is 0 Å². The van der Waals surface area contributed by atoms with Gasteiger partial charge >= 0.3 is 5.97 Å². The van der Waals surface area contributed by atoms with Crippen LogP contribution in [0.2, 0.25) is 0 Å². The number of aliphatic carboxylic acids is 1. The maximum absolute atomic E-state index is 11.6. The van der Waals surface area contributed by atoms with Crippen molar-refractivity contribution in [3.8, 4) is 0 Å². The van der Waals surface area contributed by atoms with Crippen molar-refractivity contribution >= 4 is 17.7 Å². The van der Waals surface area contributed by atoms with Crippen LogP contribution in [0.15, 0.2) is 29.2 Å². The molecule has 100 valence electrons. The SMILES string of the molecule is CCSc1ccc(C(C)(CC(C)C)C(=O)O)cc1. The second-order valence-electron chi connectivity index (χ2n) is 5.19. The van der Waals surface area contributed by atoms with Gasteiger partial charge in [0, 0.05) is 4.90 Å². The van der Waals surface area contributed by atoms with E-state index >= 15 is 0 Å². The molecule has 0 saturated heterocycles. The summed E-state index contributed by atoms with van der Waals surface area (Å²) in [5.41, 5.74) is 0.105. The van der Waals surface area contributed by atoms with Gasteiger partial charge in [-0.1, -0.05) is 32.9 Å². The Bertz CT molecular complexity index is 397. The highest BCUT2D eigenvalue weighted by Gasteiger charge is 2.35. The van der Waals surface area contributed by atoms with Gasteiger partial charge in [-0.25, -0.2) is 0 Å². The predicted molar refractivity (Wildman–Crippen MR) is 77.3 cm³/mol. The smallest absolute Gasteiger partial charge is 0.313 e. The minimum absolute atomic E-state index is 0.357. The van der Waals surface area contributed by atoms with Crippen molar-refractivity contribution in [3.63, 3.8) is 0 Å². The van der Waals surface area contributed by atoms with Crippen LogP contribution >= 0.6 is 11.8 Å². The molecule has 0 aliphatic heterocycles. The Kier molecular flexibility index (Phi) is 5.27.